The molecule has 15 heavy (non-hydrogen) atoms. The summed E-state index contributed by atoms with van der Waals surface area (Å²) in [4.78, 5) is 15.2. The van der Waals surface area contributed by atoms with E-state index in [2.05, 4.69) is 26.2 Å². The molecule has 0 atom stereocenters. The summed E-state index contributed by atoms with van der Waals surface area (Å²) in [6.07, 6.45) is 1.85. The number of anilines is 1. The summed E-state index contributed by atoms with van der Waals surface area (Å²) in [7, 11) is 1.54. The number of amides is 1. The molecule has 0 aliphatic carbocycles. The minimum Gasteiger partial charge on any atom is -0.384 e. The monoisotopic (exact) mass is 292 g/mol. The molecule has 0 spiro atoms. The van der Waals surface area contributed by atoms with Crippen LogP contribution in [0.25, 0.3) is 0 Å². The summed E-state index contributed by atoms with van der Waals surface area (Å²) in [6, 6.07) is 1.69. The van der Waals surface area contributed by atoms with Gasteiger partial charge in [0.2, 0.25) is 5.91 Å². The first kappa shape index (κ1) is 12.4. The lowest BCUT2D eigenvalue weighted by Crippen LogP contribution is -2.14. The van der Waals surface area contributed by atoms with Crippen LogP contribution in [0.4, 0.5) is 5.69 Å². The Hall–Kier alpha value is -0.650. The summed E-state index contributed by atoms with van der Waals surface area (Å²) in [6.45, 7) is 0.380. The number of carbonyl (C=O) groups is 1. The lowest BCUT2D eigenvalue weighted by molar-refractivity contribution is -0.117. The molecule has 1 aromatic rings. The van der Waals surface area contributed by atoms with Crippen molar-refractivity contribution in [2.24, 2.45) is 0 Å². The van der Waals surface area contributed by atoms with E-state index in [-0.39, 0.29) is 11.1 Å². The predicted octanol–water partition coefficient (Wildman–Crippen LogP) is 2.47. The Kier molecular flexibility index (Phi) is 5.01. The number of carbonyl (C=O) groups excluding carboxylic acids is 1. The number of nitrogens with zero attached hydrogens (tertiary/aromatic N) is 1. The van der Waals surface area contributed by atoms with E-state index in [9.17, 15) is 4.79 Å². The zero-order chi connectivity index (χ0) is 11.3. The fraction of sp³-hybridized carbons (Fsp3) is 0.333. The van der Waals surface area contributed by atoms with Gasteiger partial charge < -0.3 is 10.1 Å². The van der Waals surface area contributed by atoms with Gasteiger partial charge in [-0.3, -0.25) is 4.79 Å². The number of hydrogen-bond donors (Lipinski definition) is 1. The van der Waals surface area contributed by atoms with Crippen LogP contribution in [-0.4, -0.2) is 24.6 Å². The molecule has 0 saturated heterocycles. The highest BCUT2D eigenvalue weighted by molar-refractivity contribution is 9.10. The number of nitrogens with one attached hydrogen (secondary N) is 1. The van der Waals surface area contributed by atoms with Crippen LogP contribution in [0.1, 0.15) is 6.42 Å². The van der Waals surface area contributed by atoms with Gasteiger partial charge in [0.05, 0.1) is 18.7 Å². The van der Waals surface area contributed by atoms with Crippen LogP contribution in [-0.2, 0) is 9.53 Å². The first-order valence-electron chi connectivity index (χ1n) is 4.23. The van der Waals surface area contributed by atoms with E-state index >= 15 is 0 Å². The number of methoxy groups -OCH3 is 1. The van der Waals surface area contributed by atoms with Crippen LogP contribution in [0, 0.1) is 0 Å². The van der Waals surface area contributed by atoms with Gasteiger partial charge in [-0.2, -0.15) is 0 Å². The average Bonchev–Trinajstić information content (AvgIpc) is 2.20. The molecule has 0 aliphatic rings. The van der Waals surface area contributed by atoms with Gasteiger partial charge in [0.1, 0.15) is 0 Å². The van der Waals surface area contributed by atoms with E-state index in [0.717, 1.165) is 4.47 Å². The van der Waals surface area contributed by atoms with Gasteiger partial charge in [-0.25, -0.2) is 4.98 Å². The van der Waals surface area contributed by atoms with E-state index < -0.39 is 0 Å². The van der Waals surface area contributed by atoms with Crippen molar-refractivity contribution in [3.63, 3.8) is 0 Å². The molecular formula is C9H10BrClN2O2. The molecular weight excluding hydrogens is 283 g/mol. The third-order valence-corrected chi connectivity index (χ3v) is 2.35. The third kappa shape index (κ3) is 4.15. The fourth-order valence-electron chi connectivity index (χ4n) is 0.918. The topological polar surface area (TPSA) is 51.2 Å². The average molecular weight is 294 g/mol. The van der Waals surface area contributed by atoms with Crippen molar-refractivity contribution in [3.05, 3.63) is 21.9 Å². The van der Waals surface area contributed by atoms with Gasteiger partial charge in [0.25, 0.3) is 0 Å². The first-order valence-corrected chi connectivity index (χ1v) is 5.40. The maximum absolute atomic E-state index is 11.3. The summed E-state index contributed by atoms with van der Waals surface area (Å²) in [5, 5.41) is 2.91. The van der Waals surface area contributed by atoms with Crippen molar-refractivity contribution >= 4 is 39.1 Å². The molecule has 1 aromatic heterocycles. The van der Waals surface area contributed by atoms with Crippen molar-refractivity contribution in [1.29, 1.82) is 0 Å². The molecule has 0 aromatic carbocycles. The molecule has 1 N–H and O–H groups in total. The molecule has 1 heterocycles. The molecule has 82 valence electrons. The molecule has 0 aliphatic heterocycles. The second-order valence-corrected chi connectivity index (χ2v) is 4.06. The van der Waals surface area contributed by atoms with Crippen molar-refractivity contribution in [3.8, 4) is 0 Å². The standard InChI is InChI=1S/C9H10BrClN2O2/c1-15-3-2-8(14)13-7-4-6(10)5-12-9(7)11/h4-5H,2-3H2,1H3,(H,13,14). The van der Waals surface area contributed by atoms with Crippen molar-refractivity contribution in [2.75, 3.05) is 19.0 Å². The first-order chi connectivity index (χ1) is 7.13. The molecule has 0 bridgehead atoms. The Morgan fingerprint density at radius 1 is 1.73 bits per heavy atom. The normalized spacial score (nSPS) is 10.1. The Bertz CT molecular complexity index is 360. The number of ether oxygens (including phenoxy) is 1. The third-order valence-electron chi connectivity index (χ3n) is 1.61. The second kappa shape index (κ2) is 6.05. The molecule has 0 unspecified atom stereocenters. The Morgan fingerprint density at radius 2 is 2.47 bits per heavy atom. The summed E-state index contributed by atoms with van der Waals surface area (Å²) >= 11 is 9.04. The smallest absolute Gasteiger partial charge is 0.226 e. The van der Waals surface area contributed by atoms with Gasteiger partial charge >= 0.3 is 0 Å². The second-order valence-electron chi connectivity index (χ2n) is 2.78. The molecule has 0 saturated carbocycles. The molecule has 0 radical (unpaired) electrons. The number of pyridine rings is 1. The fourth-order valence-corrected chi connectivity index (χ4v) is 1.40. The zero-order valence-corrected chi connectivity index (χ0v) is 10.4. The minimum absolute atomic E-state index is 0.154. The Morgan fingerprint density at radius 3 is 3.13 bits per heavy atom. The van der Waals surface area contributed by atoms with Crippen LogP contribution >= 0.6 is 27.5 Å². The van der Waals surface area contributed by atoms with Crippen LogP contribution in [0.5, 0.6) is 0 Å². The van der Waals surface area contributed by atoms with Gasteiger partial charge in [-0.1, -0.05) is 11.6 Å². The quantitative estimate of drug-likeness (QED) is 0.868. The lowest BCUT2D eigenvalue weighted by atomic mass is 10.3. The number of halogens is 2. The molecule has 1 amide bonds. The summed E-state index contributed by atoms with van der Waals surface area (Å²) < 4.78 is 5.54. The van der Waals surface area contributed by atoms with Crippen LogP contribution in [0.3, 0.4) is 0 Å². The highest BCUT2D eigenvalue weighted by atomic mass is 79.9. The lowest BCUT2D eigenvalue weighted by Gasteiger charge is -2.06. The maximum Gasteiger partial charge on any atom is 0.226 e. The zero-order valence-electron chi connectivity index (χ0n) is 8.09. The summed E-state index contributed by atoms with van der Waals surface area (Å²) in [5.41, 5.74) is 0.493. The van der Waals surface area contributed by atoms with Crippen molar-refractivity contribution in [2.45, 2.75) is 6.42 Å². The van der Waals surface area contributed by atoms with Crippen molar-refractivity contribution in [1.82, 2.24) is 4.98 Å². The van der Waals surface area contributed by atoms with E-state index in [1.54, 1.807) is 19.4 Å². The molecule has 0 fully saturated rings. The van der Waals surface area contributed by atoms with Gasteiger partial charge in [0.15, 0.2) is 5.15 Å². The number of rotatable bonds is 4. The Balaban J connectivity index is 2.63. The maximum atomic E-state index is 11.3. The van der Waals surface area contributed by atoms with Crippen LogP contribution in [0.15, 0.2) is 16.7 Å². The molecule has 6 heteroatoms. The summed E-state index contributed by atoms with van der Waals surface area (Å²) in [5.74, 6) is -0.154. The van der Waals surface area contributed by atoms with Gasteiger partial charge in [-0.15, -0.1) is 0 Å². The molecule has 4 nitrogen and oxygen atoms in total. The van der Waals surface area contributed by atoms with Crippen LogP contribution < -0.4 is 5.32 Å². The Labute approximate surface area is 101 Å². The predicted molar refractivity (Wildman–Crippen MR) is 62.1 cm³/mol. The largest absolute Gasteiger partial charge is 0.384 e. The molecule has 1 rings (SSSR count). The number of hydrogen-bond acceptors (Lipinski definition) is 3. The van der Waals surface area contributed by atoms with E-state index in [0.29, 0.717) is 18.7 Å². The van der Waals surface area contributed by atoms with Crippen LogP contribution in [0.2, 0.25) is 5.15 Å². The minimum atomic E-state index is -0.154. The van der Waals surface area contributed by atoms with E-state index in [1.165, 1.54) is 0 Å². The SMILES string of the molecule is COCCC(=O)Nc1cc(Br)cnc1Cl. The highest BCUT2D eigenvalue weighted by Gasteiger charge is 2.06. The highest BCUT2D eigenvalue weighted by Crippen LogP contribution is 2.22. The van der Waals surface area contributed by atoms with Gasteiger partial charge in [-0.05, 0) is 22.0 Å². The van der Waals surface area contributed by atoms with Gasteiger partial charge in [0, 0.05) is 17.8 Å². The number of aromatic nitrogens is 1. The van der Waals surface area contributed by atoms with E-state index in [1.807, 2.05) is 0 Å². The van der Waals surface area contributed by atoms with Crippen molar-refractivity contribution < 1.29 is 9.53 Å². The van der Waals surface area contributed by atoms with E-state index in [4.69, 9.17) is 16.3 Å².